The van der Waals surface area contributed by atoms with E-state index in [1.54, 1.807) is 6.20 Å². The lowest BCUT2D eigenvalue weighted by Gasteiger charge is -2.36. The van der Waals surface area contributed by atoms with Crippen LogP contribution in [0.3, 0.4) is 0 Å². The molecule has 2 fully saturated rings. The highest BCUT2D eigenvalue weighted by Gasteiger charge is 2.37. The molecule has 1 atom stereocenters. The first-order chi connectivity index (χ1) is 21.6. The van der Waals surface area contributed by atoms with Crippen LogP contribution in [0.5, 0.6) is 0 Å². The second-order valence-corrected chi connectivity index (χ2v) is 18.5. The molecule has 11 heteroatoms. The highest BCUT2D eigenvalue weighted by molar-refractivity contribution is 6.74. The van der Waals surface area contributed by atoms with Gasteiger partial charge < -0.3 is 25.3 Å². The van der Waals surface area contributed by atoms with Crippen molar-refractivity contribution in [1.82, 2.24) is 30.5 Å². The fraction of sp³-hybridized carbons (Fsp3) is 0.529. The summed E-state index contributed by atoms with van der Waals surface area (Å²) in [5, 5.41) is 9.99. The van der Waals surface area contributed by atoms with Gasteiger partial charge in [-0.15, -0.1) is 0 Å². The van der Waals surface area contributed by atoms with Crippen LogP contribution in [0.25, 0.3) is 11.3 Å². The van der Waals surface area contributed by atoms with E-state index in [2.05, 4.69) is 88.9 Å². The van der Waals surface area contributed by atoms with Crippen LogP contribution in [0.4, 0.5) is 17.5 Å². The number of piperazine rings is 1. The number of pyridine rings is 1. The van der Waals surface area contributed by atoms with Gasteiger partial charge in [0.2, 0.25) is 11.9 Å². The van der Waals surface area contributed by atoms with Crippen molar-refractivity contribution in [3.63, 3.8) is 0 Å². The first kappa shape index (κ1) is 33.0. The number of amides is 1. The second-order valence-electron chi connectivity index (χ2n) is 13.7. The molecule has 0 aliphatic carbocycles. The van der Waals surface area contributed by atoms with Gasteiger partial charge in [0.25, 0.3) is 0 Å². The summed E-state index contributed by atoms with van der Waals surface area (Å²) >= 11 is 0. The van der Waals surface area contributed by atoms with Crippen LogP contribution >= 0.6 is 0 Å². The van der Waals surface area contributed by atoms with E-state index < -0.39 is 8.32 Å². The fourth-order valence-electron chi connectivity index (χ4n) is 5.58. The predicted molar refractivity (Wildman–Crippen MR) is 184 cm³/mol. The molecule has 1 aromatic carbocycles. The highest BCUT2D eigenvalue weighted by Crippen LogP contribution is 2.37. The third-order valence-corrected chi connectivity index (χ3v) is 13.8. The van der Waals surface area contributed by atoms with Gasteiger partial charge in [0.1, 0.15) is 5.82 Å². The van der Waals surface area contributed by atoms with E-state index in [9.17, 15) is 4.79 Å². The van der Waals surface area contributed by atoms with Crippen molar-refractivity contribution in [2.45, 2.75) is 70.8 Å². The lowest BCUT2D eigenvalue weighted by atomic mass is 10.1. The number of hydrogen-bond acceptors (Lipinski definition) is 9. The van der Waals surface area contributed by atoms with Gasteiger partial charge in [0.05, 0.1) is 18.8 Å². The van der Waals surface area contributed by atoms with Crippen LogP contribution in [-0.2, 0) is 15.8 Å². The molecular weight excluding hydrogens is 581 g/mol. The second kappa shape index (κ2) is 14.8. The van der Waals surface area contributed by atoms with E-state index in [-0.39, 0.29) is 10.9 Å². The van der Waals surface area contributed by atoms with Gasteiger partial charge in [-0.05, 0) is 73.3 Å². The van der Waals surface area contributed by atoms with Crippen LogP contribution in [0, 0.1) is 0 Å². The van der Waals surface area contributed by atoms with Gasteiger partial charge in [0.15, 0.2) is 8.32 Å². The lowest BCUT2D eigenvalue weighted by Crippen LogP contribution is -2.47. The SMILES string of the molecule is CC(C)(C)[Si](C)(C)OCc1cccc(Nc2nccc(-c3ccc(N4CCCC4CCNC(=O)CN4CCNCC4)nc3)n2)c1. The van der Waals surface area contributed by atoms with Gasteiger partial charge in [-0.1, -0.05) is 32.9 Å². The largest absolute Gasteiger partial charge is 0.413 e. The van der Waals surface area contributed by atoms with Gasteiger partial charge in [0, 0.05) is 69.0 Å². The molecule has 0 radical (unpaired) electrons. The average Bonchev–Trinajstić information content (AvgIpc) is 3.49. The summed E-state index contributed by atoms with van der Waals surface area (Å²) in [5.41, 5.74) is 3.81. The summed E-state index contributed by atoms with van der Waals surface area (Å²) < 4.78 is 6.42. The molecule has 0 spiro atoms. The topological polar surface area (TPSA) is 108 Å². The Morgan fingerprint density at radius 2 is 1.91 bits per heavy atom. The monoisotopic (exact) mass is 630 g/mol. The number of carbonyl (C=O) groups excluding carboxylic acids is 1. The number of aromatic nitrogens is 3. The Morgan fingerprint density at radius 1 is 1.09 bits per heavy atom. The number of carbonyl (C=O) groups is 1. The zero-order chi connectivity index (χ0) is 31.9. The first-order valence-corrected chi connectivity index (χ1v) is 19.2. The van der Waals surface area contributed by atoms with Gasteiger partial charge in [-0.3, -0.25) is 9.69 Å². The summed E-state index contributed by atoms with van der Waals surface area (Å²) in [6, 6.07) is 14.7. The normalized spacial score (nSPS) is 17.8. The minimum absolute atomic E-state index is 0.117. The quantitative estimate of drug-likeness (QED) is 0.233. The Morgan fingerprint density at radius 3 is 2.67 bits per heavy atom. The molecule has 5 rings (SSSR count). The number of hydrogen-bond donors (Lipinski definition) is 3. The molecular formula is C34H50N8O2Si. The van der Waals surface area contributed by atoms with E-state index in [1.807, 2.05) is 24.4 Å². The molecule has 3 N–H and O–H groups in total. The molecule has 2 aromatic heterocycles. The molecule has 0 saturated carbocycles. The minimum atomic E-state index is -1.83. The van der Waals surface area contributed by atoms with Crippen LogP contribution < -0.4 is 20.9 Å². The summed E-state index contributed by atoms with van der Waals surface area (Å²) in [6.07, 6.45) is 6.83. The van der Waals surface area contributed by atoms with E-state index in [0.29, 0.717) is 31.7 Å². The first-order valence-electron chi connectivity index (χ1n) is 16.3. The van der Waals surface area contributed by atoms with Crippen molar-refractivity contribution in [2.24, 2.45) is 0 Å². The standard InChI is InChI=1S/C34H50N8O2Si/c1-34(2,3)45(4,5)44-25-26-8-6-9-28(22-26)39-33-37-16-14-30(40-33)27-11-12-31(38-23-27)42-19-7-10-29(42)13-15-36-32(43)24-41-20-17-35-18-21-41/h6,8-9,11-12,14,16,22-23,29,35H,7,10,13,15,17-21,24-25H2,1-5H3,(H,36,43)(H,37,39,40). The zero-order valence-corrected chi connectivity index (χ0v) is 28.6. The third-order valence-electron chi connectivity index (χ3n) is 9.34. The number of nitrogens with zero attached hydrogens (tertiary/aromatic N) is 5. The van der Waals surface area contributed by atoms with E-state index >= 15 is 0 Å². The predicted octanol–water partition coefficient (Wildman–Crippen LogP) is 5.18. The highest BCUT2D eigenvalue weighted by atomic mass is 28.4. The molecule has 0 bridgehead atoms. The maximum atomic E-state index is 12.4. The van der Waals surface area contributed by atoms with E-state index in [1.165, 1.54) is 0 Å². The maximum absolute atomic E-state index is 12.4. The van der Waals surface area contributed by atoms with Gasteiger partial charge in [-0.2, -0.15) is 0 Å². The molecule has 1 amide bonds. The average molecular weight is 631 g/mol. The summed E-state index contributed by atoms with van der Waals surface area (Å²) in [6.45, 7) is 17.8. The van der Waals surface area contributed by atoms with E-state index in [0.717, 1.165) is 80.3 Å². The lowest BCUT2D eigenvalue weighted by molar-refractivity contribution is -0.122. The maximum Gasteiger partial charge on any atom is 0.234 e. The van der Waals surface area contributed by atoms with Crippen molar-refractivity contribution in [1.29, 1.82) is 0 Å². The zero-order valence-electron chi connectivity index (χ0n) is 27.6. The number of benzene rings is 1. The van der Waals surface area contributed by atoms with Crippen LogP contribution in [-0.4, -0.2) is 85.9 Å². The Labute approximate surface area is 269 Å². The molecule has 45 heavy (non-hydrogen) atoms. The molecule has 2 saturated heterocycles. The fourth-order valence-corrected chi connectivity index (χ4v) is 6.54. The Hall–Kier alpha value is -3.38. The van der Waals surface area contributed by atoms with Crippen LogP contribution in [0.1, 0.15) is 45.6 Å². The Balaban J connectivity index is 1.15. The molecule has 1 unspecified atom stereocenters. The third kappa shape index (κ3) is 9.09. The molecule has 4 heterocycles. The van der Waals surface area contributed by atoms with Crippen LogP contribution in [0.2, 0.25) is 18.1 Å². The number of anilines is 3. The van der Waals surface area contributed by atoms with E-state index in [4.69, 9.17) is 14.4 Å². The van der Waals surface area contributed by atoms with Crippen molar-refractivity contribution in [2.75, 3.05) is 56.0 Å². The van der Waals surface area contributed by atoms with Gasteiger partial charge in [-0.25, -0.2) is 15.0 Å². The summed E-state index contributed by atoms with van der Waals surface area (Å²) in [5.74, 6) is 1.63. The Kier molecular flexibility index (Phi) is 10.9. The van der Waals surface area contributed by atoms with Crippen molar-refractivity contribution in [3.8, 4) is 11.3 Å². The smallest absolute Gasteiger partial charge is 0.234 e. The molecule has 2 aliphatic rings. The van der Waals surface area contributed by atoms with Crippen molar-refractivity contribution < 1.29 is 9.22 Å². The molecule has 3 aromatic rings. The molecule has 10 nitrogen and oxygen atoms in total. The van der Waals surface area contributed by atoms with Crippen LogP contribution in [0.15, 0.2) is 54.9 Å². The summed E-state index contributed by atoms with van der Waals surface area (Å²) in [7, 11) is -1.83. The Bertz CT molecular complexity index is 1410. The minimum Gasteiger partial charge on any atom is -0.413 e. The van der Waals surface area contributed by atoms with Crippen molar-refractivity contribution >= 4 is 31.7 Å². The summed E-state index contributed by atoms with van der Waals surface area (Å²) in [4.78, 5) is 31.1. The van der Waals surface area contributed by atoms with Gasteiger partial charge >= 0.3 is 0 Å². The molecule has 2 aliphatic heterocycles. The molecule has 242 valence electrons. The number of rotatable bonds is 12. The van der Waals surface area contributed by atoms with Crippen molar-refractivity contribution in [3.05, 3.63) is 60.4 Å². The number of nitrogens with one attached hydrogen (secondary N) is 3.